The largest absolute Gasteiger partial charge is 0.345 e. The number of halogens is 1. The first-order valence-electron chi connectivity index (χ1n) is 9.83. The number of nitrogens with zero attached hydrogens (tertiary/aromatic N) is 2. The van der Waals surface area contributed by atoms with Gasteiger partial charge in [0.15, 0.2) is 0 Å². The fraction of sp³-hybridized carbons (Fsp3) is 0.391. The van der Waals surface area contributed by atoms with E-state index >= 15 is 0 Å². The maximum Gasteiger partial charge on any atom is 0.256 e. The van der Waals surface area contributed by atoms with E-state index in [1.807, 2.05) is 42.3 Å². The molecule has 28 heavy (non-hydrogen) atoms. The van der Waals surface area contributed by atoms with Crippen LogP contribution < -0.4 is 0 Å². The van der Waals surface area contributed by atoms with E-state index in [-0.39, 0.29) is 28.7 Å². The van der Waals surface area contributed by atoms with E-state index in [0.29, 0.717) is 13.1 Å². The first-order chi connectivity index (χ1) is 13.5. The molecule has 2 saturated heterocycles. The van der Waals surface area contributed by atoms with Crippen molar-refractivity contribution < 1.29 is 14.0 Å². The minimum Gasteiger partial charge on any atom is -0.345 e. The van der Waals surface area contributed by atoms with Gasteiger partial charge in [0.1, 0.15) is 5.82 Å². The number of likely N-dealkylation sites (tertiary alicyclic amines) is 2. The monoisotopic (exact) mass is 380 g/mol. The Labute approximate surface area is 164 Å². The van der Waals surface area contributed by atoms with Gasteiger partial charge in [-0.1, -0.05) is 42.5 Å². The zero-order chi connectivity index (χ0) is 19.7. The highest BCUT2D eigenvalue weighted by atomic mass is 19.1. The maximum absolute atomic E-state index is 14.0. The summed E-state index contributed by atoms with van der Waals surface area (Å²) in [6.45, 7) is 1.91. The number of hydrogen-bond acceptors (Lipinski definition) is 2. The quantitative estimate of drug-likeness (QED) is 0.797. The summed E-state index contributed by atoms with van der Waals surface area (Å²) in [5.74, 6) is -0.678. The van der Waals surface area contributed by atoms with Crippen LogP contribution in [0.3, 0.4) is 0 Å². The fourth-order valence-corrected chi connectivity index (χ4v) is 4.73. The van der Waals surface area contributed by atoms with Crippen LogP contribution >= 0.6 is 0 Å². The van der Waals surface area contributed by atoms with Gasteiger partial charge in [0.2, 0.25) is 5.91 Å². The van der Waals surface area contributed by atoms with Crippen LogP contribution in [0, 0.1) is 11.2 Å². The van der Waals surface area contributed by atoms with Gasteiger partial charge in [-0.15, -0.1) is 0 Å². The third-order valence-electron chi connectivity index (χ3n) is 6.30. The molecule has 2 aromatic carbocycles. The molecule has 2 heterocycles. The van der Waals surface area contributed by atoms with Crippen LogP contribution in [0.1, 0.15) is 41.1 Å². The predicted molar refractivity (Wildman–Crippen MR) is 105 cm³/mol. The molecule has 0 radical (unpaired) electrons. The van der Waals surface area contributed by atoms with Crippen LogP contribution in [0.15, 0.2) is 54.6 Å². The Morgan fingerprint density at radius 3 is 2.36 bits per heavy atom. The van der Waals surface area contributed by atoms with Crippen LogP contribution in [-0.2, 0) is 4.79 Å². The van der Waals surface area contributed by atoms with E-state index in [1.54, 1.807) is 23.1 Å². The molecule has 1 spiro atoms. The molecule has 146 valence electrons. The van der Waals surface area contributed by atoms with Gasteiger partial charge < -0.3 is 9.80 Å². The lowest BCUT2D eigenvalue weighted by Crippen LogP contribution is -2.53. The summed E-state index contributed by atoms with van der Waals surface area (Å²) in [4.78, 5) is 29.1. The molecular weight excluding hydrogens is 355 g/mol. The zero-order valence-corrected chi connectivity index (χ0v) is 16.1. The van der Waals surface area contributed by atoms with Crippen molar-refractivity contribution in [3.8, 4) is 0 Å². The number of rotatable bonds is 2. The van der Waals surface area contributed by atoms with Gasteiger partial charge in [-0.25, -0.2) is 4.39 Å². The molecule has 0 N–H and O–H groups in total. The number of benzene rings is 2. The maximum atomic E-state index is 14.0. The molecule has 4 nitrogen and oxygen atoms in total. The van der Waals surface area contributed by atoms with Gasteiger partial charge in [-0.05, 0) is 42.4 Å². The third-order valence-corrected chi connectivity index (χ3v) is 6.30. The summed E-state index contributed by atoms with van der Waals surface area (Å²) in [5.41, 5.74) is 1.20. The number of piperidine rings is 2. The van der Waals surface area contributed by atoms with Crippen LogP contribution in [0.4, 0.5) is 4.39 Å². The van der Waals surface area contributed by atoms with Crippen molar-refractivity contribution in [1.82, 2.24) is 9.80 Å². The summed E-state index contributed by atoms with van der Waals surface area (Å²) < 4.78 is 14.0. The Bertz CT molecular complexity index is 875. The normalized spacial score (nSPS) is 21.8. The lowest BCUT2D eigenvalue weighted by Gasteiger charge is -2.49. The van der Waals surface area contributed by atoms with Gasteiger partial charge in [-0.3, -0.25) is 9.59 Å². The second-order valence-electron chi connectivity index (χ2n) is 8.13. The van der Waals surface area contributed by atoms with Crippen molar-refractivity contribution in [3.05, 3.63) is 71.5 Å². The van der Waals surface area contributed by atoms with Crippen molar-refractivity contribution in [2.45, 2.75) is 25.2 Å². The molecule has 2 aliphatic rings. The van der Waals surface area contributed by atoms with E-state index in [0.717, 1.165) is 31.4 Å². The first-order valence-corrected chi connectivity index (χ1v) is 9.83. The minimum absolute atomic E-state index is 0.00911. The smallest absolute Gasteiger partial charge is 0.256 e. The topological polar surface area (TPSA) is 40.6 Å². The van der Waals surface area contributed by atoms with Crippen LogP contribution in [0.5, 0.6) is 0 Å². The van der Waals surface area contributed by atoms with Crippen molar-refractivity contribution in [2.75, 3.05) is 26.7 Å². The number of hydrogen-bond donors (Lipinski definition) is 0. The number of amides is 2. The second kappa shape index (κ2) is 7.38. The molecule has 2 aliphatic heterocycles. The molecule has 1 atom stereocenters. The molecule has 2 fully saturated rings. The molecule has 0 bridgehead atoms. The zero-order valence-electron chi connectivity index (χ0n) is 16.1. The average Bonchev–Trinajstić information content (AvgIpc) is 2.72. The van der Waals surface area contributed by atoms with E-state index in [9.17, 15) is 14.0 Å². The molecule has 4 rings (SSSR count). The Balaban J connectivity index is 1.49. The number of carbonyl (C=O) groups is 2. The van der Waals surface area contributed by atoms with E-state index < -0.39 is 5.82 Å². The average molecular weight is 380 g/mol. The highest BCUT2D eigenvalue weighted by Gasteiger charge is 2.45. The minimum atomic E-state index is -0.472. The number of carbonyl (C=O) groups excluding carboxylic acids is 2. The van der Waals surface area contributed by atoms with E-state index in [4.69, 9.17) is 0 Å². The van der Waals surface area contributed by atoms with Gasteiger partial charge in [0, 0.05) is 26.7 Å². The number of likely N-dealkylation sites (N-methyl/N-ethyl adjacent to an activating group) is 1. The lowest BCUT2D eigenvalue weighted by atomic mass is 9.67. The van der Waals surface area contributed by atoms with Gasteiger partial charge in [-0.2, -0.15) is 0 Å². The summed E-state index contributed by atoms with van der Waals surface area (Å²) in [5, 5.41) is 0. The SMILES string of the molecule is CN1CC2(CCN(C(=O)c3ccccc3F)CC2)C[C@H](c2ccccc2)C1=O. The first kappa shape index (κ1) is 18.7. The van der Waals surface area contributed by atoms with E-state index in [1.165, 1.54) is 6.07 Å². The van der Waals surface area contributed by atoms with Crippen LogP contribution in [0.25, 0.3) is 0 Å². The molecule has 0 unspecified atom stereocenters. The van der Waals surface area contributed by atoms with Crippen LogP contribution in [-0.4, -0.2) is 48.3 Å². The Morgan fingerprint density at radius 2 is 1.68 bits per heavy atom. The molecule has 2 amide bonds. The molecule has 0 saturated carbocycles. The summed E-state index contributed by atoms with van der Waals surface area (Å²) >= 11 is 0. The van der Waals surface area contributed by atoms with Crippen molar-refractivity contribution in [2.24, 2.45) is 5.41 Å². The fourth-order valence-electron chi connectivity index (χ4n) is 4.73. The Morgan fingerprint density at radius 1 is 1.04 bits per heavy atom. The highest BCUT2D eigenvalue weighted by Crippen LogP contribution is 2.45. The standard InChI is InChI=1S/C23H25FN2O2/c1-25-16-23(15-19(21(25)27)17-7-3-2-4-8-17)11-13-26(14-12-23)22(28)18-9-5-6-10-20(18)24/h2-10,19H,11-16H2,1H3/t19-/m1/s1. The van der Waals surface area contributed by atoms with Crippen molar-refractivity contribution in [1.29, 1.82) is 0 Å². The lowest BCUT2D eigenvalue weighted by molar-refractivity contribution is -0.139. The van der Waals surface area contributed by atoms with Gasteiger partial charge in [0.25, 0.3) is 5.91 Å². The highest BCUT2D eigenvalue weighted by molar-refractivity contribution is 5.94. The summed E-state index contributed by atoms with van der Waals surface area (Å²) in [6, 6.07) is 16.1. The molecule has 0 aliphatic carbocycles. The molecule has 5 heteroatoms. The molecular formula is C23H25FN2O2. The summed E-state index contributed by atoms with van der Waals surface area (Å²) in [6.07, 6.45) is 2.46. The summed E-state index contributed by atoms with van der Waals surface area (Å²) in [7, 11) is 1.87. The Kier molecular flexibility index (Phi) is 4.92. The predicted octanol–water partition coefficient (Wildman–Crippen LogP) is 3.69. The molecule has 0 aromatic heterocycles. The van der Waals surface area contributed by atoms with Crippen molar-refractivity contribution in [3.63, 3.8) is 0 Å². The molecule has 2 aromatic rings. The second-order valence-corrected chi connectivity index (χ2v) is 8.13. The Hall–Kier alpha value is -2.69. The third kappa shape index (κ3) is 3.41. The van der Waals surface area contributed by atoms with Gasteiger partial charge >= 0.3 is 0 Å². The van der Waals surface area contributed by atoms with Gasteiger partial charge in [0.05, 0.1) is 11.5 Å². The van der Waals surface area contributed by atoms with E-state index in [2.05, 4.69) is 0 Å². The van der Waals surface area contributed by atoms with Crippen molar-refractivity contribution >= 4 is 11.8 Å². The van der Waals surface area contributed by atoms with Crippen LogP contribution in [0.2, 0.25) is 0 Å².